The van der Waals surface area contributed by atoms with Crippen molar-refractivity contribution in [3.8, 4) is 11.8 Å². The van der Waals surface area contributed by atoms with Crippen LogP contribution in [0.1, 0.15) is 0 Å². The number of ether oxygens (including phenoxy) is 1. The highest BCUT2D eigenvalue weighted by molar-refractivity contribution is 6.28. The molecule has 0 bridgehead atoms. The first-order valence-electron chi connectivity index (χ1n) is 5.10. The fourth-order valence-electron chi connectivity index (χ4n) is 1.26. The van der Waals surface area contributed by atoms with Gasteiger partial charge in [-0.2, -0.15) is 15.0 Å². The summed E-state index contributed by atoms with van der Waals surface area (Å²) in [5.74, 6) is 0.471. The van der Waals surface area contributed by atoms with Gasteiger partial charge in [0.15, 0.2) is 0 Å². The van der Waals surface area contributed by atoms with Crippen molar-refractivity contribution >= 4 is 23.2 Å². The zero-order valence-corrected chi connectivity index (χ0v) is 10.5. The number of nitro benzene ring substituents is 1. The highest BCUT2D eigenvalue weighted by Crippen LogP contribution is 2.23. The van der Waals surface area contributed by atoms with Crippen LogP contribution in [0.4, 0.5) is 11.6 Å². The minimum Gasteiger partial charge on any atom is -0.424 e. The Kier molecular flexibility index (Phi) is 3.71. The lowest BCUT2D eigenvalue weighted by Crippen LogP contribution is -2.01. The Morgan fingerprint density at radius 3 is 2.84 bits per heavy atom. The highest BCUT2D eigenvalue weighted by Gasteiger charge is 2.10. The molecular weight excluding hydrogens is 274 g/mol. The molecule has 0 fully saturated rings. The Labute approximate surface area is 112 Å². The Bertz CT molecular complexity index is 622. The Balaban J connectivity index is 2.28. The third-order valence-electron chi connectivity index (χ3n) is 2.05. The predicted molar refractivity (Wildman–Crippen MR) is 67.6 cm³/mol. The number of rotatable bonds is 4. The first-order valence-corrected chi connectivity index (χ1v) is 5.48. The average Bonchev–Trinajstić information content (AvgIpc) is 2.38. The number of aromatic nitrogens is 3. The van der Waals surface area contributed by atoms with E-state index >= 15 is 0 Å². The molecule has 1 N–H and O–H groups in total. The summed E-state index contributed by atoms with van der Waals surface area (Å²) < 4.78 is 5.30. The topological polar surface area (TPSA) is 103 Å². The van der Waals surface area contributed by atoms with Crippen molar-refractivity contribution in [2.45, 2.75) is 0 Å². The summed E-state index contributed by atoms with van der Waals surface area (Å²) in [4.78, 5) is 21.6. The van der Waals surface area contributed by atoms with Gasteiger partial charge in [0.25, 0.3) is 5.69 Å². The summed E-state index contributed by atoms with van der Waals surface area (Å²) in [7, 11) is 1.61. The van der Waals surface area contributed by atoms with E-state index in [1.807, 2.05) is 0 Å². The molecule has 1 aromatic heterocycles. The molecule has 0 aliphatic carbocycles. The predicted octanol–water partition coefficient (Wildman–Crippen LogP) is 2.27. The molecule has 0 amide bonds. The van der Waals surface area contributed by atoms with Crippen LogP contribution < -0.4 is 10.1 Å². The van der Waals surface area contributed by atoms with Crippen LogP contribution in [0.15, 0.2) is 24.3 Å². The summed E-state index contributed by atoms with van der Waals surface area (Å²) >= 11 is 5.69. The molecule has 0 unspecified atom stereocenters. The summed E-state index contributed by atoms with van der Waals surface area (Å²) in [5, 5.41) is 13.3. The van der Waals surface area contributed by atoms with E-state index < -0.39 is 4.92 Å². The molecule has 0 aliphatic rings. The highest BCUT2D eigenvalue weighted by atomic mass is 35.5. The van der Waals surface area contributed by atoms with Crippen LogP contribution in [0.2, 0.25) is 5.28 Å². The van der Waals surface area contributed by atoms with E-state index in [1.54, 1.807) is 13.1 Å². The molecule has 8 nitrogen and oxygen atoms in total. The normalized spacial score (nSPS) is 10.0. The van der Waals surface area contributed by atoms with Crippen LogP contribution in [0, 0.1) is 10.1 Å². The van der Waals surface area contributed by atoms with Crippen molar-refractivity contribution in [3.63, 3.8) is 0 Å². The Morgan fingerprint density at radius 2 is 2.16 bits per heavy atom. The number of anilines is 1. The van der Waals surface area contributed by atoms with E-state index in [0.717, 1.165) is 0 Å². The molecule has 9 heteroatoms. The number of hydrogen-bond donors (Lipinski definition) is 1. The summed E-state index contributed by atoms with van der Waals surface area (Å²) in [5.41, 5.74) is -0.0912. The van der Waals surface area contributed by atoms with E-state index in [1.165, 1.54) is 18.2 Å². The van der Waals surface area contributed by atoms with Gasteiger partial charge in [0.2, 0.25) is 11.2 Å². The molecule has 0 atom stereocenters. The summed E-state index contributed by atoms with van der Waals surface area (Å²) in [6.07, 6.45) is 0. The lowest BCUT2D eigenvalue weighted by atomic mass is 10.3. The average molecular weight is 282 g/mol. The van der Waals surface area contributed by atoms with Gasteiger partial charge in [-0.3, -0.25) is 10.1 Å². The molecule has 0 aliphatic heterocycles. The van der Waals surface area contributed by atoms with Crippen LogP contribution in [-0.4, -0.2) is 26.9 Å². The van der Waals surface area contributed by atoms with Gasteiger partial charge in [-0.25, -0.2) is 0 Å². The number of nitrogens with zero attached hydrogens (tertiary/aromatic N) is 4. The Morgan fingerprint density at radius 1 is 1.37 bits per heavy atom. The number of benzene rings is 1. The van der Waals surface area contributed by atoms with E-state index in [-0.39, 0.29) is 28.7 Å². The molecule has 2 aromatic rings. The molecule has 0 spiro atoms. The molecule has 0 saturated heterocycles. The molecular formula is C10H8ClN5O3. The maximum Gasteiger partial charge on any atom is 0.328 e. The van der Waals surface area contributed by atoms with Crippen LogP contribution in [-0.2, 0) is 0 Å². The lowest BCUT2D eigenvalue weighted by molar-refractivity contribution is -0.384. The van der Waals surface area contributed by atoms with Crippen LogP contribution >= 0.6 is 11.6 Å². The van der Waals surface area contributed by atoms with Gasteiger partial charge in [0.05, 0.1) is 11.0 Å². The van der Waals surface area contributed by atoms with Crippen LogP contribution in [0.25, 0.3) is 0 Å². The third-order valence-corrected chi connectivity index (χ3v) is 2.22. The van der Waals surface area contributed by atoms with Gasteiger partial charge >= 0.3 is 6.01 Å². The summed E-state index contributed by atoms with van der Waals surface area (Å²) in [6.45, 7) is 0. The first kappa shape index (κ1) is 13.0. The van der Waals surface area contributed by atoms with Crippen molar-refractivity contribution in [1.82, 2.24) is 15.0 Å². The van der Waals surface area contributed by atoms with Crippen LogP contribution in [0.3, 0.4) is 0 Å². The summed E-state index contributed by atoms with van der Waals surface area (Å²) in [6, 6.07) is 5.60. The van der Waals surface area contributed by atoms with Crippen molar-refractivity contribution in [1.29, 1.82) is 0 Å². The molecule has 1 aromatic carbocycles. The zero-order chi connectivity index (χ0) is 13.8. The van der Waals surface area contributed by atoms with E-state index in [4.69, 9.17) is 16.3 Å². The molecule has 0 radical (unpaired) electrons. The number of hydrogen-bond acceptors (Lipinski definition) is 7. The lowest BCUT2D eigenvalue weighted by Gasteiger charge is -2.05. The van der Waals surface area contributed by atoms with E-state index in [9.17, 15) is 10.1 Å². The minimum atomic E-state index is -0.522. The van der Waals surface area contributed by atoms with Crippen molar-refractivity contribution in [2.24, 2.45) is 0 Å². The van der Waals surface area contributed by atoms with Gasteiger partial charge in [0.1, 0.15) is 5.75 Å². The molecule has 98 valence electrons. The first-order chi connectivity index (χ1) is 9.08. The standard InChI is InChI=1S/C10H8ClN5O3/c1-12-9-13-8(11)14-10(15-9)19-7-4-2-3-6(5-7)16(17)18/h2-5H,1H3,(H,12,13,14,15). The fraction of sp³-hybridized carbons (Fsp3) is 0.100. The maximum absolute atomic E-state index is 10.6. The maximum atomic E-state index is 10.6. The molecule has 1 heterocycles. The van der Waals surface area contributed by atoms with Crippen molar-refractivity contribution < 1.29 is 9.66 Å². The minimum absolute atomic E-state index is 0.0419. The molecule has 0 saturated carbocycles. The van der Waals surface area contributed by atoms with Gasteiger partial charge in [-0.1, -0.05) is 6.07 Å². The number of halogens is 1. The van der Waals surface area contributed by atoms with Gasteiger partial charge < -0.3 is 10.1 Å². The smallest absolute Gasteiger partial charge is 0.328 e. The van der Waals surface area contributed by atoms with E-state index in [0.29, 0.717) is 0 Å². The second-order valence-electron chi connectivity index (χ2n) is 3.32. The number of nitrogens with one attached hydrogen (secondary N) is 1. The van der Waals surface area contributed by atoms with Crippen molar-refractivity contribution in [3.05, 3.63) is 39.7 Å². The fourth-order valence-corrected chi connectivity index (χ4v) is 1.41. The monoisotopic (exact) mass is 281 g/mol. The largest absolute Gasteiger partial charge is 0.424 e. The van der Waals surface area contributed by atoms with Crippen molar-refractivity contribution in [2.75, 3.05) is 12.4 Å². The van der Waals surface area contributed by atoms with Crippen LogP contribution in [0.5, 0.6) is 11.8 Å². The van der Waals surface area contributed by atoms with Gasteiger partial charge in [-0.05, 0) is 17.7 Å². The SMILES string of the molecule is CNc1nc(Cl)nc(Oc2cccc([N+](=O)[O-])c2)n1. The second kappa shape index (κ2) is 5.44. The third kappa shape index (κ3) is 3.26. The Hall–Kier alpha value is -2.48. The second-order valence-corrected chi connectivity index (χ2v) is 3.66. The number of nitro groups is 1. The molecule has 19 heavy (non-hydrogen) atoms. The number of non-ortho nitro benzene ring substituents is 1. The van der Waals surface area contributed by atoms with Gasteiger partial charge in [-0.15, -0.1) is 0 Å². The zero-order valence-electron chi connectivity index (χ0n) is 9.70. The quantitative estimate of drug-likeness (QED) is 0.677. The van der Waals surface area contributed by atoms with E-state index in [2.05, 4.69) is 20.3 Å². The molecule has 2 rings (SSSR count). The van der Waals surface area contributed by atoms with Gasteiger partial charge in [0, 0.05) is 13.1 Å².